The smallest absolute Gasteiger partial charge is 0.267 e. The van der Waals surface area contributed by atoms with Gasteiger partial charge in [-0.1, -0.05) is 30.0 Å². The number of benzene rings is 1. The Balaban J connectivity index is 1.71. The van der Waals surface area contributed by atoms with E-state index in [0.717, 1.165) is 46.3 Å². The van der Waals surface area contributed by atoms with Crippen LogP contribution < -0.4 is 5.56 Å². The van der Waals surface area contributed by atoms with Gasteiger partial charge in [0.05, 0.1) is 30.0 Å². The lowest BCUT2D eigenvalue weighted by Gasteiger charge is -2.22. The zero-order valence-corrected chi connectivity index (χ0v) is 20.9. The maximum atomic E-state index is 13.8. The number of thioether (sulfide) groups is 1. The van der Waals surface area contributed by atoms with Crippen molar-refractivity contribution in [2.75, 3.05) is 46.3 Å². The average molecular weight is 488 g/mol. The Morgan fingerprint density at radius 3 is 2.61 bits per heavy atom. The summed E-state index contributed by atoms with van der Waals surface area (Å²) in [5, 5.41) is 1.29. The largest absolute Gasteiger partial charge is 0.383 e. The third-order valence-electron chi connectivity index (χ3n) is 5.87. The van der Waals surface area contributed by atoms with Crippen LogP contribution in [0.1, 0.15) is 22.4 Å². The Bertz CT molecular complexity index is 1200. The lowest BCUT2D eigenvalue weighted by atomic mass is 10.2. The van der Waals surface area contributed by atoms with E-state index in [1.807, 2.05) is 31.2 Å². The minimum Gasteiger partial charge on any atom is -0.383 e. The summed E-state index contributed by atoms with van der Waals surface area (Å²) < 4.78 is 12.0. The standard InChI is InChI=1S/C24H29N3O4S2/c1-16-7-4-5-9-18(16)27-23(29)21-17-8-6-10-19(17)33-22(21)25-24(27)32-15-20(28)26(11-13-30-2)12-14-31-3/h4-5,7,9H,6,8,10-15H2,1-3H3. The van der Waals surface area contributed by atoms with Crippen molar-refractivity contribution in [2.24, 2.45) is 0 Å². The van der Waals surface area contributed by atoms with Gasteiger partial charge in [0.2, 0.25) is 5.91 Å². The molecule has 3 aromatic rings. The van der Waals surface area contributed by atoms with E-state index >= 15 is 0 Å². The highest BCUT2D eigenvalue weighted by atomic mass is 32.2. The van der Waals surface area contributed by atoms with E-state index in [0.29, 0.717) is 31.5 Å². The Morgan fingerprint density at radius 2 is 1.91 bits per heavy atom. The van der Waals surface area contributed by atoms with Gasteiger partial charge in [0.25, 0.3) is 5.56 Å². The number of rotatable bonds is 10. The molecular weight excluding hydrogens is 458 g/mol. The number of hydrogen-bond acceptors (Lipinski definition) is 7. The van der Waals surface area contributed by atoms with Crippen molar-refractivity contribution in [1.82, 2.24) is 14.5 Å². The number of amides is 1. The summed E-state index contributed by atoms with van der Waals surface area (Å²) in [5.41, 5.74) is 2.91. The Kier molecular flexibility index (Phi) is 7.85. The highest BCUT2D eigenvalue weighted by Crippen LogP contribution is 2.36. The van der Waals surface area contributed by atoms with E-state index in [4.69, 9.17) is 14.5 Å². The number of carbonyl (C=O) groups excluding carboxylic acids is 1. The number of carbonyl (C=O) groups is 1. The summed E-state index contributed by atoms with van der Waals surface area (Å²) in [7, 11) is 3.23. The van der Waals surface area contributed by atoms with Gasteiger partial charge in [-0.15, -0.1) is 11.3 Å². The maximum Gasteiger partial charge on any atom is 0.267 e. The Hall–Kier alpha value is -2.20. The van der Waals surface area contributed by atoms with Crippen LogP contribution in [0.4, 0.5) is 0 Å². The minimum atomic E-state index is -0.0423. The SMILES string of the molecule is COCCN(CCOC)C(=O)CSc1nc2sc3c(c2c(=O)n1-c1ccccc1C)CCC3. The number of ether oxygens (including phenoxy) is 2. The first-order valence-electron chi connectivity index (χ1n) is 11.1. The van der Waals surface area contributed by atoms with Crippen molar-refractivity contribution in [3.8, 4) is 5.69 Å². The van der Waals surface area contributed by atoms with Crippen LogP contribution in [0, 0.1) is 6.92 Å². The molecule has 0 saturated heterocycles. The summed E-state index contributed by atoms with van der Waals surface area (Å²) in [6.07, 6.45) is 3.03. The van der Waals surface area contributed by atoms with Crippen molar-refractivity contribution >= 4 is 39.2 Å². The second-order valence-electron chi connectivity index (χ2n) is 8.01. The van der Waals surface area contributed by atoms with E-state index in [-0.39, 0.29) is 17.2 Å². The van der Waals surface area contributed by atoms with E-state index in [1.54, 1.807) is 35.0 Å². The number of methoxy groups -OCH3 is 2. The number of aryl methyl sites for hydroxylation is 3. The monoisotopic (exact) mass is 487 g/mol. The highest BCUT2D eigenvalue weighted by Gasteiger charge is 2.25. The summed E-state index contributed by atoms with van der Waals surface area (Å²) in [6, 6.07) is 7.80. The molecule has 9 heteroatoms. The predicted octanol–water partition coefficient (Wildman–Crippen LogP) is 3.46. The van der Waals surface area contributed by atoms with Gasteiger partial charge in [0.1, 0.15) is 4.83 Å². The zero-order chi connectivity index (χ0) is 23.4. The van der Waals surface area contributed by atoms with Gasteiger partial charge in [0.15, 0.2) is 5.16 Å². The van der Waals surface area contributed by atoms with Crippen LogP contribution in [0.3, 0.4) is 0 Å². The van der Waals surface area contributed by atoms with Crippen molar-refractivity contribution in [3.63, 3.8) is 0 Å². The zero-order valence-electron chi connectivity index (χ0n) is 19.3. The van der Waals surface area contributed by atoms with Crippen molar-refractivity contribution in [2.45, 2.75) is 31.3 Å². The van der Waals surface area contributed by atoms with Gasteiger partial charge in [-0.2, -0.15) is 0 Å². The summed E-state index contributed by atoms with van der Waals surface area (Å²) in [5.74, 6) is 0.149. The lowest BCUT2D eigenvalue weighted by molar-refractivity contribution is -0.129. The van der Waals surface area contributed by atoms with E-state index in [2.05, 4.69) is 0 Å². The van der Waals surface area contributed by atoms with Crippen molar-refractivity contribution < 1.29 is 14.3 Å². The van der Waals surface area contributed by atoms with Crippen molar-refractivity contribution in [3.05, 3.63) is 50.6 Å². The van der Waals surface area contributed by atoms with Gasteiger partial charge in [-0.05, 0) is 43.4 Å². The minimum absolute atomic E-state index is 0.0338. The van der Waals surface area contributed by atoms with Gasteiger partial charge >= 0.3 is 0 Å². The molecule has 4 rings (SSSR count). The average Bonchev–Trinajstić information content (AvgIpc) is 3.39. The molecule has 33 heavy (non-hydrogen) atoms. The molecule has 0 aliphatic heterocycles. The lowest BCUT2D eigenvalue weighted by Crippen LogP contribution is -2.37. The normalized spacial score (nSPS) is 12.9. The molecule has 2 heterocycles. The number of para-hydroxylation sites is 1. The van der Waals surface area contributed by atoms with Crippen LogP contribution in [-0.2, 0) is 27.1 Å². The molecule has 7 nitrogen and oxygen atoms in total. The number of thiophene rings is 1. The maximum absolute atomic E-state index is 13.8. The summed E-state index contributed by atoms with van der Waals surface area (Å²) in [4.78, 5) is 35.4. The molecule has 0 fully saturated rings. The molecule has 176 valence electrons. The number of fused-ring (bicyclic) bond motifs is 3. The molecule has 1 aliphatic carbocycles. The molecule has 2 aromatic heterocycles. The highest BCUT2D eigenvalue weighted by molar-refractivity contribution is 7.99. The molecule has 0 radical (unpaired) electrons. The topological polar surface area (TPSA) is 73.7 Å². The molecule has 1 amide bonds. The van der Waals surface area contributed by atoms with Gasteiger partial charge < -0.3 is 14.4 Å². The Morgan fingerprint density at radius 1 is 1.18 bits per heavy atom. The number of aromatic nitrogens is 2. The van der Waals surface area contributed by atoms with Crippen LogP contribution in [0.2, 0.25) is 0 Å². The van der Waals surface area contributed by atoms with Gasteiger partial charge in [0, 0.05) is 32.2 Å². The fraction of sp³-hybridized carbons (Fsp3) is 0.458. The predicted molar refractivity (Wildman–Crippen MR) is 133 cm³/mol. The number of nitrogens with zero attached hydrogens (tertiary/aromatic N) is 3. The third kappa shape index (κ3) is 5.01. The van der Waals surface area contributed by atoms with Crippen LogP contribution in [0.5, 0.6) is 0 Å². The summed E-state index contributed by atoms with van der Waals surface area (Å²) >= 11 is 2.93. The molecule has 1 aromatic carbocycles. The first kappa shape index (κ1) is 23.9. The molecule has 0 unspecified atom stereocenters. The van der Waals surface area contributed by atoms with Crippen LogP contribution >= 0.6 is 23.1 Å². The first-order chi connectivity index (χ1) is 16.0. The molecule has 0 spiro atoms. The van der Waals surface area contributed by atoms with E-state index in [9.17, 15) is 9.59 Å². The fourth-order valence-electron chi connectivity index (χ4n) is 4.13. The molecule has 0 saturated carbocycles. The molecule has 0 N–H and O–H groups in total. The van der Waals surface area contributed by atoms with Crippen molar-refractivity contribution in [1.29, 1.82) is 0 Å². The second-order valence-corrected chi connectivity index (χ2v) is 10.0. The quantitative estimate of drug-likeness (QED) is 0.322. The van der Waals surface area contributed by atoms with Crippen LogP contribution in [-0.4, -0.2) is 66.6 Å². The molecular formula is C24H29N3O4S2. The van der Waals surface area contributed by atoms with E-state index < -0.39 is 0 Å². The number of hydrogen-bond donors (Lipinski definition) is 0. The van der Waals surface area contributed by atoms with Gasteiger partial charge in [-0.25, -0.2) is 4.98 Å². The fourth-order valence-corrected chi connectivity index (χ4v) is 6.34. The Labute approximate surface area is 201 Å². The van der Waals surface area contributed by atoms with E-state index in [1.165, 1.54) is 16.6 Å². The van der Waals surface area contributed by atoms with Crippen LogP contribution in [0.15, 0.2) is 34.2 Å². The third-order valence-corrected chi connectivity index (χ3v) is 7.98. The molecule has 1 aliphatic rings. The van der Waals surface area contributed by atoms with Crippen LogP contribution in [0.25, 0.3) is 15.9 Å². The van der Waals surface area contributed by atoms with Gasteiger partial charge in [-0.3, -0.25) is 14.2 Å². The second kappa shape index (κ2) is 10.8. The molecule has 0 atom stereocenters. The molecule has 0 bridgehead atoms. The summed E-state index contributed by atoms with van der Waals surface area (Å²) in [6.45, 7) is 3.89. The first-order valence-corrected chi connectivity index (χ1v) is 12.9.